The van der Waals surface area contributed by atoms with E-state index in [0.29, 0.717) is 12.6 Å². The molecule has 3 nitrogen and oxygen atoms in total. The summed E-state index contributed by atoms with van der Waals surface area (Å²) < 4.78 is 0. The number of hydrogen-bond acceptors (Lipinski definition) is 2. The number of rotatable bonds is 2. The number of nitrogens with zero attached hydrogens (tertiary/aromatic N) is 1. The van der Waals surface area contributed by atoms with Gasteiger partial charge in [-0.2, -0.15) is 0 Å². The summed E-state index contributed by atoms with van der Waals surface area (Å²) >= 11 is 0. The van der Waals surface area contributed by atoms with Gasteiger partial charge >= 0.3 is 0 Å². The van der Waals surface area contributed by atoms with Crippen LogP contribution >= 0.6 is 0 Å². The first-order chi connectivity index (χ1) is 10.1. The number of hydrogen-bond donors (Lipinski definition) is 2. The molecule has 1 aromatic carbocycles. The molecule has 3 heteroatoms. The van der Waals surface area contributed by atoms with Crippen molar-refractivity contribution in [2.75, 3.05) is 13.1 Å². The molecule has 2 heterocycles. The molecule has 2 N–H and O–H groups in total. The maximum absolute atomic E-state index is 10.6. The van der Waals surface area contributed by atoms with Gasteiger partial charge in [0.15, 0.2) is 0 Å². The van der Waals surface area contributed by atoms with Gasteiger partial charge in [-0.25, -0.2) is 0 Å². The van der Waals surface area contributed by atoms with Gasteiger partial charge in [-0.1, -0.05) is 18.2 Å². The number of nitrogens with one attached hydrogen (secondary N) is 1. The van der Waals surface area contributed by atoms with Crippen LogP contribution in [0.1, 0.15) is 18.1 Å². The minimum atomic E-state index is -0.787. The summed E-state index contributed by atoms with van der Waals surface area (Å²) in [5.74, 6) is 0. The van der Waals surface area contributed by atoms with E-state index < -0.39 is 5.60 Å². The zero-order valence-corrected chi connectivity index (χ0v) is 12.3. The van der Waals surface area contributed by atoms with Crippen LogP contribution < -0.4 is 0 Å². The number of benzene rings is 1. The largest absolute Gasteiger partial charge is 0.385 e. The lowest BCUT2D eigenvalue weighted by molar-refractivity contribution is 0.0477. The van der Waals surface area contributed by atoms with E-state index in [2.05, 4.69) is 46.9 Å². The highest BCUT2D eigenvalue weighted by Gasteiger charge is 2.38. The Hall–Kier alpha value is -1.84. The molecule has 0 bridgehead atoms. The molecular weight excluding hydrogens is 260 g/mol. The van der Waals surface area contributed by atoms with E-state index in [9.17, 15) is 5.11 Å². The number of β-amino-alcohol motifs (C(OH)–C–C–N with tert-alkyl or cyclic N) is 1. The fourth-order valence-corrected chi connectivity index (χ4v) is 3.91. The SMILES string of the molecule is C=CCN1C[C@@](C)(O)C=C2c3cccc4[nH]cc(c34)C[C@H]21. The van der Waals surface area contributed by atoms with Crippen LogP contribution in [-0.4, -0.2) is 39.7 Å². The maximum atomic E-state index is 10.6. The molecule has 0 radical (unpaired) electrons. The van der Waals surface area contributed by atoms with Gasteiger partial charge in [0.05, 0.1) is 5.60 Å². The van der Waals surface area contributed by atoms with Gasteiger partial charge in [0.1, 0.15) is 0 Å². The molecule has 0 unspecified atom stereocenters. The number of fused-ring (bicyclic) bond motifs is 2. The summed E-state index contributed by atoms with van der Waals surface area (Å²) in [6, 6.07) is 6.70. The average molecular weight is 280 g/mol. The predicted octanol–water partition coefficient (Wildman–Crippen LogP) is 2.73. The second kappa shape index (κ2) is 4.33. The molecule has 2 aromatic rings. The van der Waals surface area contributed by atoms with Crippen molar-refractivity contribution in [3.63, 3.8) is 0 Å². The second-order valence-electron chi connectivity index (χ2n) is 6.44. The first-order valence-electron chi connectivity index (χ1n) is 7.48. The number of aliphatic hydroxyl groups is 1. The van der Waals surface area contributed by atoms with E-state index in [1.165, 1.54) is 27.6 Å². The Morgan fingerprint density at radius 1 is 1.52 bits per heavy atom. The predicted molar refractivity (Wildman–Crippen MR) is 86.2 cm³/mol. The van der Waals surface area contributed by atoms with E-state index in [-0.39, 0.29) is 0 Å². The van der Waals surface area contributed by atoms with E-state index >= 15 is 0 Å². The molecule has 108 valence electrons. The van der Waals surface area contributed by atoms with E-state index in [1.54, 1.807) is 0 Å². The highest BCUT2D eigenvalue weighted by Crippen LogP contribution is 2.41. The highest BCUT2D eigenvalue weighted by atomic mass is 16.3. The van der Waals surface area contributed by atoms with Gasteiger partial charge in [-0.3, -0.25) is 4.90 Å². The Labute approximate surface area is 124 Å². The van der Waals surface area contributed by atoms with Crippen molar-refractivity contribution in [1.29, 1.82) is 0 Å². The molecule has 4 rings (SSSR count). The molecule has 0 amide bonds. The molecule has 0 saturated carbocycles. The van der Waals surface area contributed by atoms with Crippen molar-refractivity contribution < 1.29 is 5.11 Å². The van der Waals surface area contributed by atoms with Crippen LogP contribution in [0.2, 0.25) is 0 Å². The van der Waals surface area contributed by atoms with Gasteiger partial charge in [0.2, 0.25) is 0 Å². The lowest BCUT2D eigenvalue weighted by Crippen LogP contribution is -2.51. The zero-order valence-electron chi connectivity index (χ0n) is 12.3. The summed E-state index contributed by atoms with van der Waals surface area (Å²) in [5.41, 5.74) is 4.28. The Morgan fingerprint density at radius 3 is 3.19 bits per heavy atom. The van der Waals surface area contributed by atoms with Crippen molar-refractivity contribution >= 4 is 16.5 Å². The van der Waals surface area contributed by atoms with Crippen LogP contribution in [0, 0.1) is 0 Å². The Balaban J connectivity index is 1.94. The van der Waals surface area contributed by atoms with Crippen molar-refractivity contribution in [3.05, 3.63) is 54.3 Å². The summed E-state index contributed by atoms with van der Waals surface area (Å²) in [4.78, 5) is 5.70. The molecule has 0 saturated heterocycles. The topological polar surface area (TPSA) is 39.3 Å². The fraction of sp³-hybridized carbons (Fsp3) is 0.333. The van der Waals surface area contributed by atoms with Crippen LogP contribution in [0.3, 0.4) is 0 Å². The summed E-state index contributed by atoms with van der Waals surface area (Å²) in [7, 11) is 0. The van der Waals surface area contributed by atoms with Gasteiger partial charge in [0, 0.05) is 36.2 Å². The van der Waals surface area contributed by atoms with Crippen molar-refractivity contribution in [3.8, 4) is 0 Å². The van der Waals surface area contributed by atoms with Crippen LogP contribution in [0.4, 0.5) is 0 Å². The smallest absolute Gasteiger partial charge is 0.0932 e. The fourth-order valence-electron chi connectivity index (χ4n) is 3.91. The maximum Gasteiger partial charge on any atom is 0.0932 e. The monoisotopic (exact) mass is 280 g/mol. The highest BCUT2D eigenvalue weighted by molar-refractivity contribution is 5.98. The van der Waals surface area contributed by atoms with Crippen molar-refractivity contribution in [1.82, 2.24) is 9.88 Å². The summed E-state index contributed by atoms with van der Waals surface area (Å²) in [6.07, 6.45) is 7.10. The van der Waals surface area contributed by atoms with E-state index in [0.717, 1.165) is 13.0 Å². The first kappa shape index (κ1) is 12.9. The third-order valence-corrected chi connectivity index (χ3v) is 4.66. The van der Waals surface area contributed by atoms with Gasteiger partial charge in [-0.15, -0.1) is 6.58 Å². The van der Waals surface area contributed by atoms with Crippen molar-refractivity contribution in [2.24, 2.45) is 0 Å². The molecule has 0 fully saturated rings. The third-order valence-electron chi connectivity index (χ3n) is 4.66. The Kier molecular flexibility index (Phi) is 2.65. The first-order valence-corrected chi connectivity index (χ1v) is 7.48. The lowest BCUT2D eigenvalue weighted by atomic mass is 9.79. The van der Waals surface area contributed by atoms with Crippen LogP contribution in [-0.2, 0) is 6.42 Å². The Morgan fingerprint density at radius 2 is 2.38 bits per heavy atom. The van der Waals surface area contributed by atoms with E-state index in [1.807, 2.05) is 13.0 Å². The average Bonchev–Trinajstić information content (AvgIpc) is 2.85. The molecule has 1 aromatic heterocycles. The Bertz CT molecular complexity index is 754. The third kappa shape index (κ3) is 1.88. The summed E-state index contributed by atoms with van der Waals surface area (Å²) in [6.45, 7) is 7.21. The molecule has 1 aliphatic heterocycles. The van der Waals surface area contributed by atoms with Gasteiger partial charge in [-0.05, 0) is 42.2 Å². The molecule has 0 spiro atoms. The number of aromatic nitrogens is 1. The second-order valence-corrected chi connectivity index (χ2v) is 6.44. The number of aromatic amines is 1. The van der Waals surface area contributed by atoms with Crippen LogP contribution in [0.15, 0.2) is 43.1 Å². The lowest BCUT2D eigenvalue weighted by Gasteiger charge is -2.43. The molecule has 1 aliphatic carbocycles. The number of H-pyrrole nitrogens is 1. The zero-order chi connectivity index (χ0) is 14.6. The molecular formula is C18H20N2O. The minimum absolute atomic E-state index is 0.331. The van der Waals surface area contributed by atoms with Crippen LogP contribution in [0.5, 0.6) is 0 Å². The molecule has 2 atom stereocenters. The van der Waals surface area contributed by atoms with Gasteiger partial charge < -0.3 is 10.1 Å². The summed E-state index contributed by atoms with van der Waals surface area (Å²) in [5, 5.41) is 11.9. The van der Waals surface area contributed by atoms with Crippen molar-refractivity contribution in [2.45, 2.75) is 25.0 Å². The van der Waals surface area contributed by atoms with E-state index in [4.69, 9.17) is 0 Å². The standard InChI is InChI=1S/C18H20N2O/c1-3-7-20-11-18(2,21)9-14-13-5-4-6-15-17(13)12(10-19-15)8-16(14)20/h3-6,9-10,16,19,21H,1,7-8,11H2,2H3/t16-,18+/m1/s1. The molecule has 21 heavy (non-hydrogen) atoms. The van der Waals surface area contributed by atoms with Crippen LogP contribution in [0.25, 0.3) is 16.5 Å². The normalized spacial score (nSPS) is 28.3. The minimum Gasteiger partial charge on any atom is -0.385 e. The molecule has 2 aliphatic rings. The van der Waals surface area contributed by atoms with Gasteiger partial charge in [0.25, 0.3) is 0 Å². The quantitative estimate of drug-likeness (QED) is 0.830.